The van der Waals surface area contributed by atoms with Gasteiger partial charge in [0, 0.05) is 26.3 Å². The standard InChI is InChI=1S/C16H22ClN3O2/c1-19(2)13-7-6-11(10-12(13)17)18-16(21)20-8-9-22-15-5-3-4-14(15)20/h6-7,10,14-15H,3-5,8-9H2,1-2H3,(H,18,21). The van der Waals surface area contributed by atoms with Crippen molar-refractivity contribution in [1.29, 1.82) is 0 Å². The Kier molecular flexibility index (Phi) is 4.45. The fraction of sp³-hybridized carbons (Fsp3) is 0.562. The Morgan fingerprint density at radius 1 is 1.41 bits per heavy atom. The number of ether oxygens (including phenoxy) is 1. The molecule has 1 heterocycles. The summed E-state index contributed by atoms with van der Waals surface area (Å²) in [6.07, 6.45) is 3.41. The van der Waals surface area contributed by atoms with Crippen LogP contribution < -0.4 is 10.2 Å². The normalized spacial score (nSPS) is 24.0. The van der Waals surface area contributed by atoms with Gasteiger partial charge in [0.25, 0.3) is 0 Å². The van der Waals surface area contributed by atoms with Crippen molar-refractivity contribution in [3.05, 3.63) is 23.2 Å². The average Bonchev–Trinajstić information content (AvgIpc) is 2.95. The highest BCUT2D eigenvalue weighted by molar-refractivity contribution is 6.33. The summed E-state index contributed by atoms with van der Waals surface area (Å²) in [5, 5.41) is 3.59. The molecule has 0 radical (unpaired) electrons. The van der Waals surface area contributed by atoms with Crippen LogP contribution in [-0.4, -0.2) is 50.3 Å². The second kappa shape index (κ2) is 6.34. The number of nitrogens with zero attached hydrogens (tertiary/aromatic N) is 2. The summed E-state index contributed by atoms with van der Waals surface area (Å²) < 4.78 is 5.75. The Morgan fingerprint density at radius 2 is 2.23 bits per heavy atom. The molecule has 1 saturated heterocycles. The van der Waals surface area contributed by atoms with E-state index in [9.17, 15) is 4.79 Å². The number of nitrogens with one attached hydrogen (secondary N) is 1. The Balaban J connectivity index is 1.70. The van der Waals surface area contributed by atoms with Gasteiger partial charge in [-0.25, -0.2) is 4.79 Å². The zero-order valence-corrected chi connectivity index (χ0v) is 13.8. The van der Waals surface area contributed by atoms with Gasteiger partial charge in [-0.3, -0.25) is 0 Å². The lowest BCUT2D eigenvalue weighted by Crippen LogP contribution is -2.52. The van der Waals surface area contributed by atoms with E-state index in [1.165, 1.54) is 0 Å². The van der Waals surface area contributed by atoms with Gasteiger partial charge in [0.15, 0.2) is 0 Å². The first kappa shape index (κ1) is 15.4. The highest BCUT2D eigenvalue weighted by Gasteiger charge is 2.38. The maximum atomic E-state index is 12.5. The Labute approximate surface area is 136 Å². The van der Waals surface area contributed by atoms with E-state index in [0.29, 0.717) is 18.2 Å². The average molecular weight is 324 g/mol. The molecule has 22 heavy (non-hydrogen) atoms. The van der Waals surface area contributed by atoms with Crippen LogP contribution in [0.15, 0.2) is 18.2 Å². The number of anilines is 2. The summed E-state index contributed by atoms with van der Waals surface area (Å²) in [6, 6.07) is 5.74. The van der Waals surface area contributed by atoms with Crippen LogP contribution in [0.1, 0.15) is 19.3 Å². The van der Waals surface area contributed by atoms with E-state index in [1.807, 2.05) is 36.0 Å². The van der Waals surface area contributed by atoms with Gasteiger partial charge in [-0.1, -0.05) is 11.6 Å². The topological polar surface area (TPSA) is 44.8 Å². The van der Waals surface area contributed by atoms with Crippen molar-refractivity contribution in [2.45, 2.75) is 31.4 Å². The van der Waals surface area contributed by atoms with E-state index >= 15 is 0 Å². The van der Waals surface area contributed by atoms with Crippen molar-refractivity contribution in [3.63, 3.8) is 0 Å². The molecule has 0 spiro atoms. The highest BCUT2D eigenvalue weighted by atomic mass is 35.5. The number of morpholine rings is 1. The lowest BCUT2D eigenvalue weighted by molar-refractivity contribution is -0.0362. The van der Waals surface area contributed by atoms with Crippen molar-refractivity contribution < 1.29 is 9.53 Å². The quantitative estimate of drug-likeness (QED) is 0.909. The molecule has 2 amide bonds. The molecule has 2 aliphatic rings. The Morgan fingerprint density at radius 3 is 2.95 bits per heavy atom. The van der Waals surface area contributed by atoms with Crippen molar-refractivity contribution in [2.75, 3.05) is 37.5 Å². The number of carbonyl (C=O) groups excluding carboxylic acids is 1. The van der Waals surface area contributed by atoms with Crippen LogP contribution in [0, 0.1) is 0 Å². The Bertz CT molecular complexity index is 564. The zero-order valence-electron chi connectivity index (χ0n) is 13.0. The number of hydrogen-bond acceptors (Lipinski definition) is 3. The lowest BCUT2D eigenvalue weighted by Gasteiger charge is -2.37. The molecule has 0 aromatic heterocycles. The predicted octanol–water partition coefficient (Wildman–Crippen LogP) is 3.19. The predicted molar refractivity (Wildman–Crippen MR) is 88.9 cm³/mol. The van der Waals surface area contributed by atoms with E-state index in [0.717, 1.165) is 30.6 Å². The minimum Gasteiger partial charge on any atom is -0.376 e. The van der Waals surface area contributed by atoms with Gasteiger partial charge in [-0.2, -0.15) is 0 Å². The van der Waals surface area contributed by atoms with Crippen molar-refractivity contribution in [1.82, 2.24) is 4.90 Å². The molecule has 1 saturated carbocycles. The van der Waals surface area contributed by atoms with Gasteiger partial charge in [0.05, 0.1) is 29.5 Å². The van der Waals surface area contributed by atoms with Crippen LogP contribution in [-0.2, 0) is 4.74 Å². The van der Waals surface area contributed by atoms with Crippen molar-refractivity contribution in [2.24, 2.45) is 0 Å². The second-order valence-electron chi connectivity index (χ2n) is 6.09. The third-order valence-corrected chi connectivity index (χ3v) is 4.73. The number of rotatable bonds is 2. The fourth-order valence-corrected chi connectivity index (χ4v) is 3.67. The molecule has 1 N–H and O–H groups in total. The van der Waals surface area contributed by atoms with Gasteiger partial charge in [-0.15, -0.1) is 0 Å². The molecule has 0 bridgehead atoms. The number of carbonyl (C=O) groups is 1. The molecule has 2 atom stereocenters. The maximum Gasteiger partial charge on any atom is 0.322 e. The molecule has 6 heteroatoms. The largest absolute Gasteiger partial charge is 0.376 e. The summed E-state index contributed by atoms with van der Waals surface area (Å²) >= 11 is 6.26. The second-order valence-corrected chi connectivity index (χ2v) is 6.50. The van der Waals surface area contributed by atoms with Crippen LogP contribution in [0.2, 0.25) is 5.02 Å². The van der Waals surface area contributed by atoms with Gasteiger partial charge < -0.3 is 19.9 Å². The van der Waals surface area contributed by atoms with Crippen LogP contribution >= 0.6 is 11.6 Å². The van der Waals surface area contributed by atoms with Gasteiger partial charge in [0.2, 0.25) is 0 Å². The van der Waals surface area contributed by atoms with Crippen LogP contribution in [0.4, 0.5) is 16.2 Å². The first-order chi connectivity index (χ1) is 10.6. The first-order valence-corrected chi connectivity index (χ1v) is 8.10. The third-order valence-electron chi connectivity index (χ3n) is 4.42. The SMILES string of the molecule is CN(C)c1ccc(NC(=O)N2CCOC3CCCC32)cc1Cl. The monoisotopic (exact) mass is 323 g/mol. The summed E-state index contributed by atoms with van der Waals surface area (Å²) in [7, 11) is 3.88. The minimum absolute atomic E-state index is 0.0612. The van der Waals surface area contributed by atoms with Gasteiger partial charge in [0.1, 0.15) is 0 Å². The first-order valence-electron chi connectivity index (χ1n) is 7.72. The number of fused-ring (bicyclic) bond motifs is 1. The maximum absolute atomic E-state index is 12.5. The molecule has 1 aliphatic carbocycles. The number of halogens is 1. The smallest absolute Gasteiger partial charge is 0.322 e. The molecule has 2 fully saturated rings. The van der Waals surface area contributed by atoms with E-state index in [-0.39, 0.29) is 18.2 Å². The fourth-order valence-electron chi connectivity index (χ4n) is 3.32. The summed E-state index contributed by atoms with van der Waals surface area (Å²) in [4.78, 5) is 16.4. The zero-order chi connectivity index (χ0) is 15.7. The van der Waals surface area contributed by atoms with E-state index in [1.54, 1.807) is 6.07 Å². The van der Waals surface area contributed by atoms with Crippen molar-refractivity contribution >= 4 is 29.0 Å². The summed E-state index contributed by atoms with van der Waals surface area (Å²) in [5.74, 6) is 0. The molecule has 1 aromatic rings. The number of benzene rings is 1. The van der Waals surface area contributed by atoms with E-state index in [4.69, 9.17) is 16.3 Å². The number of hydrogen-bond donors (Lipinski definition) is 1. The number of urea groups is 1. The number of amides is 2. The molecular formula is C16H22ClN3O2. The molecule has 2 unspecified atom stereocenters. The highest BCUT2D eigenvalue weighted by Crippen LogP contribution is 2.31. The Hall–Kier alpha value is -1.46. The molecular weight excluding hydrogens is 302 g/mol. The molecule has 120 valence electrons. The minimum atomic E-state index is -0.0612. The van der Waals surface area contributed by atoms with Crippen LogP contribution in [0.5, 0.6) is 0 Å². The molecule has 1 aromatic carbocycles. The molecule has 3 rings (SSSR count). The van der Waals surface area contributed by atoms with Crippen molar-refractivity contribution in [3.8, 4) is 0 Å². The lowest BCUT2D eigenvalue weighted by atomic mass is 10.1. The third kappa shape index (κ3) is 3.01. The molecule has 5 nitrogen and oxygen atoms in total. The van der Waals surface area contributed by atoms with E-state index in [2.05, 4.69) is 5.32 Å². The summed E-state index contributed by atoms with van der Waals surface area (Å²) in [6.45, 7) is 1.27. The summed E-state index contributed by atoms with van der Waals surface area (Å²) in [5.41, 5.74) is 1.66. The van der Waals surface area contributed by atoms with E-state index < -0.39 is 0 Å². The van der Waals surface area contributed by atoms with Gasteiger partial charge in [-0.05, 0) is 37.5 Å². The van der Waals surface area contributed by atoms with Crippen LogP contribution in [0.25, 0.3) is 0 Å². The van der Waals surface area contributed by atoms with Crippen LogP contribution in [0.3, 0.4) is 0 Å². The molecule has 1 aliphatic heterocycles. The van der Waals surface area contributed by atoms with Gasteiger partial charge >= 0.3 is 6.03 Å².